The number of hydrogen-bond acceptors (Lipinski definition) is 3. The Hall–Kier alpha value is -1.16. The largest absolute Gasteiger partial charge is 0.312 e. The topological polar surface area (TPSA) is 46.9 Å². The zero-order valence-corrected chi connectivity index (χ0v) is 13.4. The van der Waals surface area contributed by atoms with Gasteiger partial charge in [-0.3, -0.25) is 4.79 Å². The molecule has 0 saturated carbocycles. The summed E-state index contributed by atoms with van der Waals surface area (Å²) in [6.45, 7) is 10.9. The van der Waals surface area contributed by atoms with E-state index in [2.05, 4.69) is 38.1 Å². The van der Waals surface area contributed by atoms with Gasteiger partial charge in [-0.2, -0.15) is 5.10 Å². The first-order valence-electron chi connectivity index (χ1n) is 7.91. The molecular weight excluding hydrogens is 250 g/mol. The molecule has 0 unspecified atom stereocenters. The van der Waals surface area contributed by atoms with Crippen molar-refractivity contribution in [3.8, 4) is 0 Å². The van der Waals surface area contributed by atoms with Gasteiger partial charge in [-0.05, 0) is 31.4 Å². The molecule has 0 aromatic carbocycles. The summed E-state index contributed by atoms with van der Waals surface area (Å²) in [5.74, 6) is 0.345. The van der Waals surface area contributed by atoms with Gasteiger partial charge in [0.1, 0.15) is 0 Å². The number of rotatable bonds is 9. The summed E-state index contributed by atoms with van der Waals surface area (Å²) < 4.78 is 1.65. The van der Waals surface area contributed by atoms with Gasteiger partial charge in [0.25, 0.3) is 5.56 Å². The highest BCUT2D eigenvalue weighted by molar-refractivity contribution is 5.16. The zero-order chi connectivity index (χ0) is 15.0. The summed E-state index contributed by atoms with van der Waals surface area (Å²) in [6.07, 6.45) is 4.38. The van der Waals surface area contributed by atoms with E-state index in [0.29, 0.717) is 12.5 Å². The standard InChI is InChI=1S/C16H29N3O/c1-5-7-9-17-12-14-11-15(13(3)4)18-19(16(14)20)10-8-6-2/h11,13,17H,5-10,12H2,1-4H3. The van der Waals surface area contributed by atoms with E-state index in [0.717, 1.165) is 43.6 Å². The van der Waals surface area contributed by atoms with Crippen LogP contribution in [0.3, 0.4) is 0 Å². The first-order chi connectivity index (χ1) is 9.60. The van der Waals surface area contributed by atoms with E-state index >= 15 is 0 Å². The lowest BCUT2D eigenvalue weighted by Gasteiger charge is -2.12. The Labute approximate surface area is 122 Å². The van der Waals surface area contributed by atoms with Crippen LogP contribution in [0.4, 0.5) is 0 Å². The fourth-order valence-corrected chi connectivity index (χ4v) is 2.01. The molecule has 4 nitrogen and oxygen atoms in total. The van der Waals surface area contributed by atoms with Crippen molar-refractivity contribution in [2.75, 3.05) is 6.54 Å². The maximum absolute atomic E-state index is 12.4. The van der Waals surface area contributed by atoms with Gasteiger partial charge in [0.2, 0.25) is 0 Å². The summed E-state index contributed by atoms with van der Waals surface area (Å²) in [7, 11) is 0. The Kier molecular flexibility index (Phi) is 7.52. The fourth-order valence-electron chi connectivity index (χ4n) is 2.01. The van der Waals surface area contributed by atoms with Crippen molar-refractivity contribution in [1.82, 2.24) is 15.1 Å². The predicted octanol–water partition coefficient (Wildman–Crippen LogP) is 3.06. The molecule has 0 fully saturated rings. The molecule has 114 valence electrons. The van der Waals surface area contributed by atoms with Crippen LogP contribution < -0.4 is 10.9 Å². The Morgan fingerprint density at radius 3 is 2.55 bits per heavy atom. The molecule has 1 aromatic heterocycles. The Bertz CT molecular complexity index is 452. The van der Waals surface area contributed by atoms with Gasteiger partial charge in [0.05, 0.1) is 5.69 Å². The van der Waals surface area contributed by atoms with Gasteiger partial charge in [-0.15, -0.1) is 0 Å². The summed E-state index contributed by atoms with van der Waals surface area (Å²) in [4.78, 5) is 12.4. The second-order valence-electron chi connectivity index (χ2n) is 5.66. The first kappa shape index (κ1) is 16.9. The van der Waals surface area contributed by atoms with Crippen molar-refractivity contribution < 1.29 is 0 Å². The molecule has 0 aliphatic rings. The van der Waals surface area contributed by atoms with Crippen LogP contribution in [0.25, 0.3) is 0 Å². The second kappa shape index (κ2) is 8.90. The molecule has 0 saturated heterocycles. The smallest absolute Gasteiger partial charge is 0.271 e. The Balaban J connectivity index is 2.89. The molecule has 0 radical (unpaired) electrons. The molecule has 0 spiro atoms. The van der Waals surface area contributed by atoms with Crippen molar-refractivity contribution in [2.24, 2.45) is 0 Å². The molecule has 0 aliphatic heterocycles. The maximum Gasteiger partial charge on any atom is 0.271 e. The van der Waals surface area contributed by atoms with Crippen LogP contribution in [-0.4, -0.2) is 16.3 Å². The van der Waals surface area contributed by atoms with E-state index in [1.807, 2.05) is 6.07 Å². The summed E-state index contributed by atoms with van der Waals surface area (Å²) >= 11 is 0. The van der Waals surface area contributed by atoms with Crippen LogP contribution in [0.1, 0.15) is 70.6 Å². The lowest BCUT2D eigenvalue weighted by Crippen LogP contribution is -2.30. The van der Waals surface area contributed by atoms with E-state index in [4.69, 9.17) is 0 Å². The van der Waals surface area contributed by atoms with Crippen molar-refractivity contribution in [2.45, 2.75) is 72.4 Å². The number of unbranched alkanes of at least 4 members (excludes halogenated alkanes) is 2. The third-order valence-electron chi connectivity index (χ3n) is 3.40. The summed E-state index contributed by atoms with van der Waals surface area (Å²) in [5.41, 5.74) is 1.91. The molecule has 1 heterocycles. The third-order valence-corrected chi connectivity index (χ3v) is 3.40. The number of aryl methyl sites for hydroxylation is 1. The van der Waals surface area contributed by atoms with E-state index in [9.17, 15) is 4.79 Å². The number of nitrogens with zero attached hydrogens (tertiary/aromatic N) is 2. The van der Waals surface area contributed by atoms with Crippen molar-refractivity contribution in [3.05, 3.63) is 27.7 Å². The Morgan fingerprint density at radius 2 is 1.95 bits per heavy atom. The number of aromatic nitrogens is 2. The lowest BCUT2D eigenvalue weighted by molar-refractivity contribution is 0.516. The van der Waals surface area contributed by atoms with Crippen LogP contribution in [-0.2, 0) is 13.1 Å². The van der Waals surface area contributed by atoms with Gasteiger partial charge in [0, 0.05) is 18.7 Å². The molecular formula is C16H29N3O. The Morgan fingerprint density at radius 1 is 1.25 bits per heavy atom. The summed E-state index contributed by atoms with van der Waals surface area (Å²) in [5, 5.41) is 7.84. The third kappa shape index (κ3) is 5.08. The SMILES string of the molecule is CCCCNCc1cc(C(C)C)nn(CCCC)c1=O. The highest BCUT2D eigenvalue weighted by Crippen LogP contribution is 2.11. The predicted molar refractivity (Wildman–Crippen MR) is 84.1 cm³/mol. The van der Waals surface area contributed by atoms with Crippen molar-refractivity contribution in [1.29, 1.82) is 0 Å². The van der Waals surface area contributed by atoms with Crippen LogP contribution >= 0.6 is 0 Å². The monoisotopic (exact) mass is 279 g/mol. The van der Waals surface area contributed by atoms with Crippen LogP contribution in [0, 0.1) is 0 Å². The fraction of sp³-hybridized carbons (Fsp3) is 0.750. The van der Waals surface area contributed by atoms with Crippen molar-refractivity contribution in [3.63, 3.8) is 0 Å². The average Bonchev–Trinajstić information content (AvgIpc) is 2.43. The number of nitrogens with one attached hydrogen (secondary N) is 1. The molecule has 0 aliphatic carbocycles. The lowest BCUT2D eigenvalue weighted by atomic mass is 10.1. The molecule has 0 bridgehead atoms. The van der Waals surface area contributed by atoms with Crippen LogP contribution in [0.2, 0.25) is 0 Å². The van der Waals surface area contributed by atoms with Gasteiger partial charge >= 0.3 is 0 Å². The average molecular weight is 279 g/mol. The minimum Gasteiger partial charge on any atom is -0.312 e. The molecule has 1 N–H and O–H groups in total. The zero-order valence-electron chi connectivity index (χ0n) is 13.4. The second-order valence-corrected chi connectivity index (χ2v) is 5.66. The van der Waals surface area contributed by atoms with Gasteiger partial charge in [-0.25, -0.2) is 4.68 Å². The van der Waals surface area contributed by atoms with Gasteiger partial charge < -0.3 is 5.32 Å². The quantitative estimate of drug-likeness (QED) is 0.707. The van der Waals surface area contributed by atoms with Crippen molar-refractivity contribution >= 4 is 0 Å². The van der Waals surface area contributed by atoms with Gasteiger partial charge in [-0.1, -0.05) is 40.5 Å². The van der Waals surface area contributed by atoms with E-state index < -0.39 is 0 Å². The molecule has 20 heavy (non-hydrogen) atoms. The highest BCUT2D eigenvalue weighted by atomic mass is 16.1. The van der Waals surface area contributed by atoms with E-state index in [1.165, 1.54) is 6.42 Å². The molecule has 1 aromatic rings. The molecule has 0 atom stereocenters. The summed E-state index contributed by atoms with van der Waals surface area (Å²) in [6, 6.07) is 1.97. The minimum absolute atomic E-state index is 0.0619. The molecule has 4 heteroatoms. The highest BCUT2D eigenvalue weighted by Gasteiger charge is 2.10. The molecule has 0 amide bonds. The first-order valence-corrected chi connectivity index (χ1v) is 7.91. The van der Waals surface area contributed by atoms with Crippen LogP contribution in [0.5, 0.6) is 0 Å². The van der Waals surface area contributed by atoms with E-state index in [1.54, 1.807) is 4.68 Å². The van der Waals surface area contributed by atoms with E-state index in [-0.39, 0.29) is 5.56 Å². The van der Waals surface area contributed by atoms with Gasteiger partial charge in [0.15, 0.2) is 0 Å². The normalized spacial score (nSPS) is 11.2. The van der Waals surface area contributed by atoms with Crippen LogP contribution in [0.15, 0.2) is 10.9 Å². The maximum atomic E-state index is 12.4. The number of hydrogen-bond donors (Lipinski definition) is 1. The molecule has 1 rings (SSSR count). The minimum atomic E-state index is 0.0619.